The number of hydrogen-bond acceptors (Lipinski definition) is 3. The van der Waals surface area contributed by atoms with E-state index in [0.29, 0.717) is 6.42 Å². The van der Waals surface area contributed by atoms with Crippen molar-refractivity contribution in [1.82, 2.24) is 0 Å². The average Bonchev–Trinajstić information content (AvgIpc) is 2.59. The predicted octanol–water partition coefficient (Wildman–Crippen LogP) is 5.52. The molecule has 0 unspecified atom stereocenters. The molecule has 3 N–H and O–H groups in total. The molecule has 0 fully saturated rings. The zero-order valence-electron chi connectivity index (χ0n) is 16.8. The van der Waals surface area contributed by atoms with Crippen LogP contribution in [0.25, 0.3) is 0 Å². The van der Waals surface area contributed by atoms with E-state index in [9.17, 15) is 20.1 Å². The van der Waals surface area contributed by atoms with Crippen LogP contribution in [0, 0.1) is 0 Å². The first kappa shape index (κ1) is 20.8. The summed E-state index contributed by atoms with van der Waals surface area (Å²) in [5, 5.41) is 29.6. The molecular weight excluding hydrogens is 340 g/mol. The summed E-state index contributed by atoms with van der Waals surface area (Å²) in [7, 11) is 0. The van der Waals surface area contributed by atoms with Crippen LogP contribution >= 0.6 is 0 Å². The van der Waals surface area contributed by atoms with Crippen LogP contribution in [0.3, 0.4) is 0 Å². The number of aliphatic carboxylic acids is 1. The van der Waals surface area contributed by atoms with Gasteiger partial charge in [-0.15, -0.1) is 0 Å². The summed E-state index contributed by atoms with van der Waals surface area (Å²) in [6.45, 7) is 10.1. The summed E-state index contributed by atoms with van der Waals surface area (Å²) < 4.78 is 0. The number of benzene rings is 2. The summed E-state index contributed by atoms with van der Waals surface area (Å²) in [5.41, 5.74) is 3.07. The Morgan fingerprint density at radius 2 is 1.30 bits per heavy atom. The molecule has 0 amide bonds. The lowest BCUT2D eigenvalue weighted by atomic mass is 9.71. The molecule has 0 heterocycles. The molecule has 2 aromatic rings. The minimum atomic E-state index is -0.841. The zero-order valence-corrected chi connectivity index (χ0v) is 16.8. The standard InChI is InChI=1S/C23H30O4/c1-14(2)18-12-16(6-8-20(18)24)23(5,11-10-22(26)27)17-7-9-21(25)19(13-17)15(3)4/h6-9,12-15,24-25H,10-11H2,1-5H3,(H,26,27). The first-order valence-corrected chi connectivity index (χ1v) is 9.44. The minimum Gasteiger partial charge on any atom is -0.508 e. The van der Waals surface area contributed by atoms with Gasteiger partial charge < -0.3 is 15.3 Å². The van der Waals surface area contributed by atoms with Crippen molar-refractivity contribution in [2.24, 2.45) is 0 Å². The quantitative estimate of drug-likeness (QED) is 0.600. The third-order valence-corrected chi connectivity index (χ3v) is 5.41. The van der Waals surface area contributed by atoms with Crippen molar-refractivity contribution in [3.8, 4) is 11.5 Å². The summed E-state index contributed by atoms with van der Waals surface area (Å²) in [4.78, 5) is 11.3. The van der Waals surface area contributed by atoms with Crippen molar-refractivity contribution in [3.63, 3.8) is 0 Å². The highest BCUT2D eigenvalue weighted by molar-refractivity contribution is 5.67. The van der Waals surface area contributed by atoms with Crippen LogP contribution in [0.4, 0.5) is 0 Å². The summed E-state index contributed by atoms with van der Waals surface area (Å²) in [6, 6.07) is 11.1. The molecule has 0 spiro atoms. The molecule has 4 heteroatoms. The summed E-state index contributed by atoms with van der Waals surface area (Å²) in [5.74, 6) is -0.0304. The van der Waals surface area contributed by atoms with Gasteiger partial charge in [0.1, 0.15) is 11.5 Å². The van der Waals surface area contributed by atoms with Crippen LogP contribution in [0.2, 0.25) is 0 Å². The number of hydrogen-bond donors (Lipinski definition) is 3. The van der Waals surface area contributed by atoms with Gasteiger partial charge >= 0.3 is 5.97 Å². The van der Waals surface area contributed by atoms with E-state index in [1.54, 1.807) is 12.1 Å². The van der Waals surface area contributed by atoms with Gasteiger partial charge in [0, 0.05) is 11.8 Å². The largest absolute Gasteiger partial charge is 0.508 e. The maximum Gasteiger partial charge on any atom is 0.303 e. The van der Waals surface area contributed by atoms with Crippen LogP contribution in [0.1, 0.15) is 81.5 Å². The molecule has 27 heavy (non-hydrogen) atoms. The van der Waals surface area contributed by atoms with Crippen molar-refractivity contribution in [1.29, 1.82) is 0 Å². The third kappa shape index (κ3) is 4.44. The highest BCUT2D eigenvalue weighted by Gasteiger charge is 2.31. The molecule has 0 aliphatic carbocycles. The van der Waals surface area contributed by atoms with Crippen molar-refractivity contribution < 1.29 is 20.1 Å². The first-order chi connectivity index (χ1) is 12.6. The smallest absolute Gasteiger partial charge is 0.303 e. The van der Waals surface area contributed by atoms with E-state index in [2.05, 4.69) is 0 Å². The van der Waals surface area contributed by atoms with Crippen molar-refractivity contribution in [2.45, 2.75) is 64.7 Å². The van der Waals surface area contributed by atoms with Crippen LogP contribution in [0.15, 0.2) is 36.4 Å². The van der Waals surface area contributed by atoms with Gasteiger partial charge in [0.05, 0.1) is 0 Å². The fraction of sp³-hybridized carbons (Fsp3) is 0.435. The Bertz CT molecular complexity index is 764. The summed E-state index contributed by atoms with van der Waals surface area (Å²) in [6.07, 6.45) is 0.458. The van der Waals surface area contributed by atoms with Gasteiger partial charge in [0.15, 0.2) is 0 Å². The third-order valence-electron chi connectivity index (χ3n) is 5.41. The fourth-order valence-corrected chi connectivity index (χ4v) is 3.53. The van der Waals surface area contributed by atoms with Gasteiger partial charge in [-0.05, 0) is 52.6 Å². The monoisotopic (exact) mass is 370 g/mol. The lowest BCUT2D eigenvalue weighted by Gasteiger charge is -2.32. The fourth-order valence-electron chi connectivity index (χ4n) is 3.53. The van der Waals surface area contributed by atoms with E-state index in [1.165, 1.54) is 0 Å². The van der Waals surface area contributed by atoms with Crippen molar-refractivity contribution in [3.05, 3.63) is 58.7 Å². The van der Waals surface area contributed by atoms with Gasteiger partial charge in [-0.2, -0.15) is 0 Å². The van der Waals surface area contributed by atoms with E-state index < -0.39 is 11.4 Å². The Morgan fingerprint density at radius 3 is 1.63 bits per heavy atom. The van der Waals surface area contributed by atoms with E-state index in [1.807, 2.05) is 58.9 Å². The van der Waals surface area contributed by atoms with Gasteiger partial charge in [-0.25, -0.2) is 0 Å². The molecule has 4 nitrogen and oxygen atoms in total. The molecular formula is C23H30O4. The molecule has 0 aliphatic rings. The molecule has 0 radical (unpaired) electrons. The second-order valence-electron chi connectivity index (χ2n) is 8.08. The summed E-state index contributed by atoms with van der Waals surface area (Å²) >= 11 is 0. The topological polar surface area (TPSA) is 77.8 Å². The molecule has 0 atom stereocenters. The maximum atomic E-state index is 11.3. The predicted molar refractivity (Wildman–Crippen MR) is 108 cm³/mol. The molecule has 146 valence electrons. The van der Waals surface area contributed by atoms with E-state index in [4.69, 9.17) is 0 Å². The second-order valence-corrected chi connectivity index (χ2v) is 8.08. The highest BCUT2D eigenvalue weighted by atomic mass is 16.4. The molecule has 0 saturated carbocycles. The Morgan fingerprint density at radius 1 is 0.889 bits per heavy atom. The number of carboxylic acids is 1. The molecule has 0 aliphatic heterocycles. The average molecular weight is 370 g/mol. The Hall–Kier alpha value is -2.49. The maximum absolute atomic E-state index is 11.3. The van der Waals surface area contributed by atoms with E-state index in [-0.39, 0.29) is 29.8 Å². The molecule has 0 bridgehead atoms. The highest BCUT2D eigenvalue weighted by Crippen LogP contribution is 2.41. The van der Waals surface area contributed by atoms with Crippen LogP contribution in [-0.4, -0.2) is 21.3 Å². The van der Waals surface area contributed by atoms with Gasteiger partial charge in [-0.1, -0.05) is 58.9 Å². The normalized spacial score (nSPS) is 12.0. The van der Waals surface area contributed by atoms with E-state index >= 15 is 0 Å². The number of phenolic OH excluding ortho intramolecular Hbond substituents is 2. The van der Waals surface area contributed by atoms with Crippen molar-refractivity contribution in [2.75, 3.05) is 0 Å². The number of aromatic hydroxyl groups is 2. The Balaban J connectivity index is 2.65. The Kier molecular flexibility index (Phi) is 6.19. The first-order valence-electron chi connectivity index (χ1n) is 9.44. The molecule has 0 aromatic heterocycles. The molecule has 0 saturated heterocycles. The Labute approximate surface area is 161 Å². The van der Waals surface area contributed by atoms with Gasteiger partial charge in [0.25, 0.3) is 0 Å². The zero-order chi connectivity index (χ0) is 20.4. The van der Waals surface area contributed by atoms with Crippen LogP contribution < -0.4 is 0 Å². The molecule has 2 aromatic carbocycles. The van der Waals surface area contributed by atoms with Crippen LogP contribution in [-0.2, 0) is 10.2 Å². The SMILES string of the molecule is CC(C)c1cc(C(C)(CCC(=O)O)c2ccc(O)c(C(C)C)c2)ccc1O. The second kappa shape index (κ2) is 8.03. The minimum absolute atomic E-state index is 0.0340. The number of phenols is 2. The van der Waals surface area contributed by atoms with Gasteiger partial charge in [0.2, 0.25) is 0 Å². The number of carbonyl (C=O) groups is 1. The lowest BCUT2D eigenvalue weighted by Crippen LogP contribution is -2.25. The van der Waals surface area contributed by atoms with Crippen molar-refractivity contribution >= 4 is 5.97 Å². The lowest BCUT2D eigenvalue weighted by molar-refractivity contribution is -0.137. The molecule has 2 rings (SSSR count). The van der Waals surface area contributed by atoms with Gasteiger partial charge in [-0.3, -0.25) is 4.79 Å². The van der Waals surface area contributed by atoms with Crippen LogP contribution in [0.5, 0.6) is 11.5 Å². The van der Waals surface area contributed by atoms with E-state index in [0.717, 1.165) is 22.3 Å². The number of rotatable bonds is 7. The number of carboxylic acid groups (broad SMARTS) is 1.